The fraction of sp³-hybridized carbons (Fsp3) is 0.467. The second-order valence-corrected chi connectivity index (χ2v) is 5.69. The number of nitrogens with one attached hydrogen (secondary N) is 1. The lowest BCUT2D eigenvalue weighted by atomic mass is 9.84. The van der Waals surface area contributed by atoms with Crippen LogP contribution >= 0.6 is 0 Å². The van der Waals surface area contributed by atoms with E-state index in [0.717, 1.165) is 17.0 Å². The average Bonchev–Trinajstić information content (AvgIpc) is 2.45. The van der Waals surface area contributed by atoms with E-state index in [1.54, 1.807) is 0 Å². The van der Waals surface area contributed by atoms with Crippen molar-refractivity contribution in [2.75, 3.05) is 24.5 Å². The second kappa shape index (κ2) is 6.39. The van der Waals surface area contributed by atoms with Crippen molar-refractivity contribution in [1.29, 1.82) is 0 Å². The van der Waals surface area contributed by atoms with E-state index in [1.165, 1.54) is 13.0 Å². The Bertz CT molecular complexity index is 578. The Hall–Kier alpha value is -2.02. The second-order valence-electron chi connectivity index (χ2n) is 5.69. The molecule has 0 bridgehead atoms. The molecule has 120 valence electrons. The first-order chi connectivity index (χ1) is 10.3. The third kappa shape index (κ3) is 3.59. The topological polar surface area (TPSA) is 69.6 Å². The number of carboxylic acids is 1. The number of alkyl halides is 1. The molecule has 0 aromatic heterocycles. The molecule has 1 aliphatic rings. The number of amides is 1. The van der Waals surface area contributed by atoms with Gasteiger partial charge in [0.1, 0.15) is 11.5 Å². The molecule has 1 amide bonds. The van der Waals surface area contributed by atoms with Gasteiger partial charge in [-0.05, 0) is 38.1 Å². The van der Waals surface area contributed by atoms with Gasteiger partial charge in [-0.1, -0.05) is 0 Å². The summed E-state index contributed by atoms with van der Waals surface area (Å²) >= 11 is 0. The first-order valence-electron chi connectivity index (χ1n) is 6.99. The molecule has 0 saturated carbocycles. The van der Waals surface area contributed by atoms with E-state index in [2.05, 4.69) is 5.32 Å². The monoisotopic (exact) mass is 312 g/mol. The zero-order valence-corrected chi connectivity index (χ0v) is 12.2. The zero-order valence-electron chi connectivity index (χ0n) is 12.2. The molecule has 0 aliphatic carbocycles. The number of benzene rings is 1. The van der Waals surface area contributed by atoms with E-state index < -0.39 is 23.4 Å². The summed E-state index contributed by atoms with van der Waals surface area (Å²) in [7, 11) is 0. The molecule has 2 atom stereocenters. The number of nitrogens with zero attached hydrogens (tertiary/aromatic N) is 1. The molecular formula is C15H18F2N2O3. The highest BCUT2D eigenvalue weighted by molar-refractivity contribution is 5.90. The quantitative estimate of drug-likeness (QED) is 0.814. The van der Waals surface area contributed by atoms with Crippen LogP contribution in [0.25, 0.3) is 0 Å². The van der Waals surface area contributed by atoms with Gasteiger partial charge in [0.25, 0.3) is 0 Å². The van der Waals surface area contributed by atoms with Crippen molar-refractivity contribution in [2.45, 2.75) is 19.0 Å². The van der Waals surface area contributed by atoms with Gasteiger partial charge in [0.15, 0.2) is 0 Å². The van der Waals surface area contributed by atoms with Crippen molar-refractivity contribution >= 4 is 18.1 Å². The van der Waals surface area contributed by atoms with Gasteiger partial charge >= 0.3 is 5.97 Å². The van der Waals surface area contributed by atoms with E-state index in [9.17, 15) is 18.4 Å². The number of rotatable bonds is 5. The van der Waals surface area contributed by atoms with E-state index >= 15 is 0 Å². The van der Waals surface area contributed by atoms with Gasteiger partial charge in [0.05, 0.1) is 5.56 Å². The summed E-state index contributed by atoms with van der Waals surface area (Å²) in [6.07, 6.45) is 0.791. The lowest BCUT2D eigenvalue weighted by Gasteiger charge is -2.37. The molecule has 1 fully saturated rings. The fourth-order valence-corrected chi connectivity index (χ4v) is 2.59. The molecule has 1 aliphatic heterocycles. The highest BCUT2D eigenvalue weighted by atomic mass is 19.1. The minimum absolute atomic E-state index is 0.0476. The lowest BCUT2D eigenvalue weighted by molar-refractivity contribution is -0.107. The molecule has 5 nitrogen and oxygen atoms in total. The van der Waals surface area contributed by atoms with Crippen LogP contribution in [0.2, 0.25) is 0 Å². The van der Waals surface area contributed by atoms with Crippen molar-refractivity contribution in [3.05, 3.63) is 29.6 Å². The summed E-state index contributed by atoms with van der Waals surface area (Å²) in [6.45, 7) is 2.49. The van der Waals surface area contributed by atoms with Crippen LogP contribution in [0.15, 0.2) is 18.2 Å². The van der Waals surface area contributed by atoms with Crippen molar-refractivity contribution < 1.29 is 23.5 Å². The summed E-state index contributed by atoms with van der Waals surface area (Å²) in [5, 5.41) is 12.0. The molecule has 22 heavy (non-hydrogen) atoms. The average molecular weight is 312 g/mol. The Morgan fingerprint density at radius 3 is 2.86 bits per heavy atom. The van der Waals surface area contributed by atoms with Gasteiger partial charge in [-0.25, -0.2) is 13.6 Å². The van der Waals surface area contributed by atoms with Gasteiger partial charge < -0.3 is 15.3 Å². The van der Waals surface area contributed by atoms with Crippen LogP contribution in [0.1, 0.15) is 23.7 Å². The Morgan fingerprint density at radius 1 is 1.55 bits per heavy atom. The standard InChI is InChI=1S/C15H18F2N2O3/c1-15(17)2-3-18-7-11(15)8-19(9-20)13-5-10(14(21)22)4-12(16)6-13/h4-6,9,11,18H,2-3,7-8H2,1H3,(H,21,22). The normalized spacial score (nSPS) is 24.8. The Labute approximate surface area is 126 Å². The van der Waals surface area contributed by atoms with Gasteiger partial charge in [-0.3, -0.25) is 4.79 Å². The van der Waals surface area contributed by atoms with Gasteiger partial charge in [-0.15, -0.1) is 0 Å². The van der Waals surface area contributed by atoms with Crippen molar-refractivity contribution in [2.24, 2.45) is 5.92 Å². The summed E-state index contributed by atoms with van der Waals surface area (Å²) in [6, 6.07) is 3.13. The maximum atomic E-state index is 14.5. The van der Waals surface area contributed by atoms with E-state index in [-0.39, 0.29) is 17.8 Å². The first kappa shape index (κ1) is 16.4. The van der Waals surface area contributed by atoms with Crippen LogP contribution in [-0.2, 0) is 4.79 Å². The fourth-order valence-electron chi connectivity index (χ4n) is 2.59. The molecule has 2 unspecified atom stereocenters. The maximum absolute atomic E-state index is 14.5. The molecule has 1 saturated heterocycles. The van der Waals surface area contributed by atoms with Gasteiger partial charge in [0, 0.05) is 24.7 Å². The molecule has 2 rings (SSSR count). The van der Waals surface area contributed by atoms with Crippen LogP contribution in [0, 0.1) is 11.7 Å². The van der Waals surface area contributed by atoms with Crippen molar-refractivity contribution in [1.82, 2.24) is 5.32 Å². The maximum Gasteiger partial charge on any atom is 0.335 e. The highest BCUT2D eigenvalue weighted by Gasteiger charge is 2.37. The zero-order chi connectivity index (χ0) is 16.3. The van der Waals surface area contributed by atoms with Crippen LogP contribution < -0.4 is 10.2 Å². The number of hydrogen-bond acceptors (Lipinski definition) is 3. The largest absolute Gasteiger partial charge is 0.478 e. The number of carbonyl (C=O) groups is 2. The minimum Gasteiger partial charge on any atom is -0.478 e. The molecule has 1 heterocycles. The third-order valence-corrected chi connectivity index (χ3v) is 4.04. The Morgan fingerprint density at radius 2 is 2.27 bits per heavy atom. The number of aromatic carboxylic acids is 1. The van der Waals surface area contributed by atoms with Gasteiger partial charge in [0.2, 0.25) is 6.41 Å². The number of piperidine rings is 1. The lowest BCUT2D eigenvalue weighted by Crippen LogP contribution is -2.50. The molecule has 7 heteroatoms. The number of carboxylic acid groups (broad SMARTS) is 1. The molecule has 2 N–H and O–H groups in total. The predicted molar refractivity (Wildman–Crippen MR) is 77.3 cm³/mol. The summed E-state index contributed by atoms with van der Waals surface area (Å²) in [5.74, 6) is -2.50. The SMILES string of the molecule is CC1(F)CCNCC1CN(C=O)c1cc(F)cc(C(=O)O)c1. The molecule has 0 radical (unpaired) electrons. The smallest absolute Gasteiger partial charge is 0.335 e. The molecule has 1 aromatic rings. The van der Waals surface area contributed by atoms with E-state index in [1.807, 2.05) is 0 Å². The summed E-state index contributed by atoms with van der Waals surface area (Å²) in [5.41, 5.74) is -1.59. The predicted octanol–water partition coefficient (Wildman–Crippen LogP) is 1.82. The van der Waals surface area contributed by atoms with E-state index in [0.29, 0.717) is 25.9 Å². The highest BCUT2D eigenvalue weighted by Crippen LogP contribution is 2.30. The summed E-state index contributed by atoms with van der Waals surface area (Å²) < 4.78 is 28.0. The van der Waals surface area contributed by atoms with Crippen LogP contribution in [0.5, 0.6) is 0 Å². The van der Waals surface area contributed by atoms with Crippen LogP contribution in [0.4, 0.5) is 14.5 Å². The Balaban J connectivity index is 2.25. The number of halogens is 2. The summed E-state index contributed by atoms with van der Waals surface area (Å²) in [4.78, 5) is 23.4. The molecule has 1 aromatic carbocycles. The van der Waals surface area contributed by atoms with Gasteiger partial charge in [-0.2, -0.15) is 0 Å². The van der Waals surface area contributed by atoms with Crippen LogP contribution in [-0.4, -0.2) is 42.8 Å². The first-order valence-corrected chi connectivity index (χ1v) is 6.99. The third-order valence-electron chi connectivity index (χ3n) is 4.04. The van der Waals surface area contributed by atoms with E-state index in [4.69, 9.17) is 5.11 Å². The van der Waals surface area contributed by atoms with Crippen LogP contribution in [0.3, 0.4) is 0 Å². The van der Waals surface area contributed by atoms with Crippen molar-refractivity contribution in [3.63, 3.8) is 0 Å². The number of anilines is 1. The number of hydrogen-bond donors (Lipinski definition) is 2. The van der Waals surface area contributed by atoms with Crippen molar-refractivity contribution in [3.8, 4) is 0 Å². The minimum atomic E-state index is -1.44. The molecular weight excluding hydrogens is 294 g/mol. The molecule has 0 spiro atoms. The number of carbonyl (C=O) groups excluding carboxylic acids is 1. The Kier molecular flexibility index (Phi) is 4.75.